The highest BCUT2D eigenvalue weighted by atomic mass is 35.5. The Kier molecular flexibility index (Phi) is 6.16. The lowest BCUT2D eigenvalue weighted by Gasteiger charge is -2.30. The van der Waals surface area contributed by atoms with E-state index in [9.17, 15) is 18.0 Å². The summed E-state index contributed by atoms with van der Waals surface area (Å²) in [5, 5.41) is -0.409. The van der Waals surface area contributed by atoms with Gasteiger partial charge in [-0.2, -0.15) is 13.2 Å². The van der Waals surface area contributed by atoms with Gasteiger partial charge in [0.2, 0.25) is 5.91 Å². The van der Waals surface area contributed by atoms with E-state index in [1.54, 1.807) is 6.92 Å². The largest absolute Gasteiger partial charge is 0.417 e. The zero-order chi connectivity index (χ0) is 19.6. The van der Waals surface area contributed by atoms with Crippen molar-refractivity contribution in [2.45, 2.75) is 32.4 Å². The minimum atomic E-state index is -4.62. The maximum Gasteiger partial charge on any atom is 0.417 e. The fourth-order valence-electron chi connectivity index (χ4n) is 3.26. The predicted molar refractivity (Wildman–Crippen MR) is 91.4 cm³/mol. The molecule has 2 rings (SSSR count). The summed E-state index contributed by atoms with van der Waals surface area (Å²) in [7, 11) is 1.33. The minimum absolute atomic E-state index is 0.00103. The summed E-state index contributed by atoms with van der Waals surface area (Å²) in [5.74, 6) is -1.44. The molecule has 142 valence electrons. The average Bonchev–Trinajstić information content (AvgIpc) is 2.52. The Morgan fingerprint density at radius 1 is 1.31 bits per heavy atom. The summed E-state index contributed by atoms with van der Waals surface area (Å²) in [5.41, 5.74) is 7.34. The summed E-state index contributed by atoms with van der Waals surface area (Å²) >= 11 is 5.72. The van der Waals surface area contributed by atoms with Crippen molar-refractivity contribution in [2.24, 2.45) is 5.73 Å². The lowest BCUT2D eigenvalue weighted by molar-refractivity contribution is -0.265. The summed E-state index contributed by atoms with van der Waals surface area (Å²) in [4.78, 5) is 21.7. The summed E-state index contributed by atoms with van der Waals surface area (Å²) < 4.78 is 39.8. The average molecular weight is 390 g/mol. The molecule has 1 aromatic rings. The highest BCUT2D eigenvalue weighted by Gasteiger charge is 2.36. The molecule has 4 nitrogen and oxygen atoms in total. The number of carbonyl (C=O) groups is 1. The highest BCUT2D eigenvalue weighted by Crippen LogP contribution is 2.44. The number of hydrogen-bond donors (Lipinski definition) is 1. The molecule has 1 aromatic carbocycles. The standard InChI is InChI=1S/C18H19ClF3NO3/c1-9-6-10(2)15(17(23)24)16(12(9)8-26-25-3)11-4-5-14(19)13(7-11)18(20,21)22/h4-5,7,16H,6,8H2,1-3H3,(H2,23,24). The zero-order valence-corrected chi connectivity index (χ0v) is 15.3. The smallest absolute Gasteiger partial charge is 0.366 e. The number of halogens is 4. The lowest BCUT2D eigenvalue weighted by Crippen LogP contribution is -2.27. The molecule has 1 aliphatic rings. The number of carbonyl (C=O) groups excluding carboxylic acids is 1. The van der Waals surface area contributed by atoms with Crippen LogP contribution >= 0.6 is 11.6 Å². The molecule has 1 amide bonds. The van der Waals surface area contributed by atoms with Crippen molar-refractivity contribution >= 4 is 17.5 Å². The normalized spacial score (nSPS) is 18.5. The monoisotopic (exact) mass is 389 g/mol. The van der Waals surface area contributed by atoms with Crippen molar-refractivity contribution in [3.05, 3.63) is 56.6 Å². The second-order valence-electron chi connectivity index (χ2n) is 6.14. The number of allylic oxidation sites excluding steroid dienone is 2. The number of hydrogen-bond acceptors (Lipinski definition) is 3. The van der Waals surface area contributed by atoms with Gasteiger partial charge in [-0.3, -0.25) is 4.79 Å². The van der Waals surface area contributed by atoms with Crippen LogP contribution in [-0.4, -0.2) is 19.6 Å². The van der Waals surface area contributed by atoms with E-state index < -0.39 is 28.6 Å². The van der Waals surface area contributed by atoms with E-state index in [4.69, 9.17) is 22.2 Å². The van der Waals surface area contributed by atoms with Gasteiger partial charge in [-0.1, -0.05) is 28.8 Å². The fourth-order valence-corrected chi connectivity index (χ4v) is 3.49. The van der Waals surface area contributed by atoms with Gasteiger partial charge in [-0.15, -0.1) is 0 Å². The van der Waals surface area contributed by atoms with E-state index in [0.29, 0.717) is 17.6 Å². The lowest BCUT2D eigenvalue weighted by atomic mass is 9.75. The van der Waals surface area contributed by atoms with Crippen molar-refractivity contribution in [3.8, 4) is 0 Å². The van der Waals surface area contributed by atoms with Crippen molar-refractivity contribution in [1.29, 1.82) is 0 Å². The Hall–Kier alpha value is -1.83. The van der Waals surface area contributed by atoms with Gasteiger partial charge in [0.05, 0.1) is 17.7 Å². The van der Waals surface area contributed by atoms with E-state index in [1.165, 1.54) is 19.2 Å². The third-order valence-electron chi connectivity index (χ3n) is 4.40. The Labute approximate surface area is 154 Å². The van der Waals surface area contributed by atoms with Gasteiger partial charge >= 0.3 is 6.18 Å². The van der Waals surface area contributed by atoms with E-state index in [1.807, 2.05) is 6.92 Å². The minimum Gasteiger partial charge on any atom is -0.366 e. The number of primary amides is 1. The summed E-state index contributed by atoms with van der Waals surface area (Å²) in [6.45, 7) is 3.58. The molecule has 0 radical (unpaired) electrons. The van der Waals surface area contributed by atoms with Crippen molar-refractivity contribution < 1.29 is 27.7 Å². The molecule has 0 aliphatic heterocycles. The molecule has 0 saturated carbocycles. The molecule has 0 bridgehead atoms. The molecule has 1 aliphatic carbocycles. The number of rotatable bonds is 5. The van der Waals surface area contributed by atoms with Crippen LogP contribution in [0.5, 0.6) is 0 Å². The van der Waals surface area contributed by atoms with Crippen LogP contribution in [0.15, 0.2) is 40.5 Å². The van der Waals surface area contributed by atoms with Gasteiger partial charge in [0.15, 0.2) is 0 Å². The topological polar surface area (TPSA) is 61.6 Å². The van der Waals surface area contributed by atoms with Crippen LogP contribution in [-0.2, 0) is 20.7 Å². The third kappa shape index (κ3) is 4.11. The maximum absolute atomic E-state index is 13.3. The first kappa shape index (κ1) is 20.5. The van der Waals surface area contributed by atoms with Gasteiger partial charge in [0.25, 0.3) is 0 Å². The SMILES string of the molecule is COOCC1=C(C)CC(C)=C(C(N)=O)C1c1ccc(Cl)c(C(F)(F)F)c1. The predicted octanol–water partition coefficient (Wildman–Crippen LogP) is 4.54. The zero-order valence-electron chi connectivity index (χ0n) is 14.5. The van der Waals surface area contributed by atoms with Gasteiger partial charge in [0.1, 0.15) is 6.61 Å². The van der Waals surface area contributed by atoms with Crippen LogP contribution in [0.4, 0.5) is 13.2 Å². The molecule has 26 heavy (non-hydrogen) atoms. The number of amides is 1. The van der Waals surface area contributed by atoms with E-state index >= 15 is 0 Å². The van der Waals surface area contributed by atoms with Gasteiger partial charge < -0.3 is 5.73 Å². The van der Waals surface area contributed by atoms with Crippen molar-refractivity contribution in [2.75, 3.05) is 13.7 Å². The number of alkyl halides is 3. The number of benzene rings is 1. The van der Waals surface area contributed by atoms with Crippen molar-refractivity contribution in [3.63, 3.8) is 0 Å². The quantitative estimate of drug-likeness (QED) is 0.457. The van der Waals surface area contributed by atoms with Crippen LogP contribution in [0.3, 0.4) is 0 Å². The molecule has 1 atom stereocenters. The molecule has 0 heterocycles. The van der Waals surface area contributed by atoms with Crippen LogP contribution in [0, 0.1) is 0 Å². The molecular formula is C18H19ClF3NO3. The van der Waals surface area contributed by atoms with Crippen LogP contribution in [0.2, 0.25) is 5.02 Å². The van der Waals surface area contributed by atoms with Gasteiger partial charge in [-0.05, 0) is 43.5 Å². The first-order valence-corrected chi connectivity index (χ1v) is 8.16. The summed E-state index contributed by atoms with van der Waals surface area (Å²) in [6.07, 6.45) is -4.13. The second-order valence-corrected chi connectivity index (χ2v) is 6.55. The fraction of sp³-hybridized carbons (Fsp3) is 0.389. The Morgan fingerprint density at radius 3 is 2.50 bits per heavy atom. The molecule has 0 aromatic heterocycles. The highest BCUT2D eigenvalue weighted by molar-refractivity contribution is 6.31. The Bertz CT molecular complexity index is 784. The second kappa shape index (κ2) is 7.82. The first-order chi connectivity index (χ1) is 12.1. The molecule has 0 spiro atoms. The summed E-state index contributed by atoms with van der Waals surface area (Å²) in [6, 6.07) is 3.59. The molecule has 1 unspecified atom stereocenters. The molecule has 0 saturated heterocycles. The molecule has 2 N–H and O–H groups in total. The molecule has 8 heteroatoms. The van der Waals surface area contributed by atoms with Crippen LogP contribution in [0.25, 0.3) is 0 Å². The molecular weight excluding hydrogens is 371 g/mol. The first-order valence-electron chi connectivity index (χ1n) is 7.78. The Balaban J connectivity index is 2.66. The van der Waals surface area contributed by atoms with Gasteiger partial charge in [-0.25, -0.2) is 9.78 Å². The van der Waals surface area contributed by atoms with Crippen molar-refractivity contribution in [1.82, 2.24) is 0 Å². The maximum atomic E-state index is 13.3. The van der Waals surface area contributed by atoms with E-state index in [-0.39, 0.29) is 17.7 Å². The third-order valence-corrected chi connectivity index (χ3v) is 4.73. The van der Waals surface area contributed by atoms with E-state index in [0.717, 1.165) is 11.6 Å². The van der Waals surface area contributed by atoms with Crippen LogP contribution < -0.4 is 5.73 Å². The molecule has 0 fully saturated rings. The Morgan fingerprint density at radius 2 is 1.96 bits per heavy atom. The number of nitrogens with two attached hydrogens (primary N) is 1. The van der Waals surface area contributed by atoms with Crippen LogP contribution in [0.1, 0.15) is 37.3 Å². The van der Waals surface area contributed by atoms with E-state index in [2.05, 4.69) is 4.89 Å². The van der Waals surface area contributed by atoms with Gasteiger partial charge in [0, 0.05) is 11.5 Å².